The molecule has 1 spiro atoms. The predicted octanol–water partition coefficient (Wildman–Crippen LogP) is 1.51. The number of anilines is 1. The lowest BCUT2D eigenvalue weighted by Crippen LogP contribution is -2.51. The smallest absolute Gasteiger partial charge is 0.491 e. The van der Waals surface area contributed by atoms with E-state index < -0.39 is 25.7 Å². The lowest BCUT2D eigenvalue weighted by Gasteiger charge is -2.36. The molecule has 1 aromatic heterocycles. The molecule has 4 heterocycles. The van der Waals surface area contributed by atoms with Gasteiger partial charge in [0.05, 0.1) is 31.5 Å². The van der Waals surface area contributed by atoms with Gasteiger partial charge in [-0.2, -0.15) is 8.78 Å². The van der Waals surface area contributed by atoms with Crippen LogP contribution in [-0.2, 0) is 22.4 Å². The van der Waals surface area contributed by atoms with Gasteiger partial charge in [0.1, 0.15) is 23.6 Å². The number of β-amino-alcohol motifs (C(OH)–C–C–N with tert-alkyl or cyclic N) is 2. The van der Waals surface area contributed by atoms with E-state index in [4.69, 9.17) is 4.74 Å². The highest BCUT2D eigenvalue weighted by Crippen LogP contribution is 2.49. The van der Waals surface area contributed by atoms with Gasteiger partial charge < -0.3 is 19.8 Å². The number of benzene rings is 1. The maximum absolute atomic E-state index is 14.6. The monoisotopic (exact) mass is 478 g/mol. The molecule has 4 aliphatic rings. The van der Waals surface area contributed by atoms with Crippen molar-refractivity contribution in [2.45, 2.75) is 30.4 Å². The molecule has 0 bridgehead atoms. The van der Waals surface area contributed by atoms with Crippen LogP contribution in [0.5, 0.6) is 5.75 Å². The van der Waals surface area contributed by atoms with Crippen LogP contribution in [0, 0.1) is 0 Å². The number of aromatic nitrogens is 2. The standard InChI is InChI=1S/C21H23F2N5O4P/c22-21(23)4-3-14-17(24-19(25-18(14)21)27-8-13(30)9-27)12-1-2-15-16(7-12)32-11-20(15)10-28(5-6-29)33(31)26-20/h1-2,7,13,29-30H,3-6,8-11H2,(H,26,31)/q+1. The number of fused-ring (bicyclic) bond motifs is 3. The minimum Gasteiger partial charge on any atom is -0.491 e. The minimum absolute atomic E-state index is 0.0919. The molecular formula is C21H23F2N5O4P+. The maximum atomic E-state index is 14.6. The summed E-state index contributed by atoms with van der Waals surface area (Å²) in [6.45, 7) is 1.55. The van der Waals surface area contributed by atoms with Crippen molar-refractivity contribution in [3.8, 4) is 17.0 Å². The largest absolute Gasteiger partial charge is 0.536 e. The molecule has 0 amide bonds. The van der Waals surface area contributed by atoms with Gasteiger partial charge in [-0.05, 0) is 17.1 Å². The second-order valence-electron chi connectivity index (χ2n) is 9.04. The Morgan fingerprint density at radius 3 is 2.88 bits per heavy atom. The van der Waals surface area contributed by atoms with Crippen LogP contribution in [0.15, 0.2) is 18.2 Å². The highest BCUT2D eigenvalue weighted by Gasteiger charge is 2.57. The lowest BCUT2D eigenvalue weighted by atomic mass is 9.91. The van der Waals surface area contributed by atoms with Crippen LogP contribution in [0.3, 0.4) is 0 Å². The fourth-order valence-corrected chi connectivity index (χ4v) is 6.45. The molecule has 0 radical (unpaired) electrons. The van der Waals surface area contributed by atoms with Gasteiger partial charge in [0, 0.05) is 36.2 Å². The number of hydrogen-bond donors (Lipinski definition) is 3. The molecule has 9 nitrogen and oxygen atoms in total. The van der Waals surface area contributed by atoms with Gasteiger partial charge in [-0.15, -0.1) is 0 Å². The molecule has 6 rings (SSSR count). The summed E-state index contributed by atoms with van der Waals surface area (Å²) in [5.74, 6) is -2.23. The van der Waals surface area contributed by atoms with Crippen molar-refractivity contribution in [3.05, 3.63) is 35.0 Å². The van der Waals surface area contributed by atoms with E-state index in [1.54, 1.807) is 15.6 Å². The number of aliphatic hydroxyl groups excluding tert-OH is 2. The quantitative estimate of drug-likeness (QED) is 0.563. The van der Waals surface area contributed by atoms with E-state index in [0.29, 0.717) is 48.7 Å². The van der Waals surface area contributed by atoms with Crippen molar-refractivity contribution in [2.75, 3.05) is 44.3 Å². The fourth-order valence-electron chi connectivity index (χ4n) is 5.05. The highest BCUT2D eigenvalue weighted by atomic mass is 31.1. The number of halogens is 2. The number of ether oxygens (including phenoxy) is 1. The number of nitrogens with one attached hydrogen (secondary N) is 1. The highest BCUT2D eigenvalue weighted by molar-refractivity contribution is 7.40. The summed E-state index contributed by atoms with van der Waals surface area (Å²) < 4.78 is 49.3. The Morgan fingerprint density at radius 1 is 1.30 bits per heavy atom. The molecule has 2 aromatic rings. The average Bonchev–Trinajstić information content (AvgIpc) is 3.39. The van der Waals surface area contributed by atoms with E-state index in [-0.39, 0.29) is 37.7 Å². The fraction of sp³-hybridized carbons (Fsp3) is 0.524. The summed E-state index contributed by atoms with van der Waals surface area (Å²) in [6.07, 6.45) is -0.634. The van der Waals surface area contributed by atoms with Gasteiger partial charge in [-0.3, -0.25) is 0 Å². The third-order valence-electron chi connectivity index (χ3n) is 6.80. The topological polar surface area (TPSA) is 111 Å². The summed E-state index contributed by atoms with van der Waals surface area (Å²) in [6, 6.07) is 5.48. The van der Waals surface area contributed by atoms with Crippen molar-refractivity contribution in [1.82, 2.24) is 19.7 Å². The van der Waals surface area contributed by atoms with Gasteiger partial charge >= 0.3 is 8.10 Å². The van der Waals surface area contributed by atoms with Crippen molar-refractivity contribution >= 4 is 14.1 Å². The molecule has 33 heavy (non-hydrogen) atoms. The molecule has 1 aliphatic carbocycles. The van der Waals surface area contributed by atoms with Crippen LogP contribution < -0.4 is 14.7 Å². The van der Waals surface area contributed by atoms with Crippen molar-refractivity contribution in [3.63, 3.8) is 0 Å². The Bertz CT molecular complexity index is 1160. The van der Waals surface area contributed by atoms with Crippen molar-refractivity contribution < 1.29 is 28.3 Å². The lowest BCUT2D eigenvalue weighted by molar-refractivity contribution is -0.00597. The van der Waals surface area contributed by atoms with E-state index in [9.17, 15) is 23.6 Å². The van der Waals surface area contributed by atoms with Gasteiger partial charge in [-0.1, -0.05) is 21.9 Å². The molecule has 12 heteroatoms. The van der Waals surface area contributed by atoms with Crippen LogP contribution in [0.25, 0.3) is 11.3 Å². The summed E-state index contributed by atoms with van der Waals surface area (Å²) in [5.41, 5.74) is 1.50. The summed E-state index contributed by atoms with van der Waals surface area (Å²) in [4.78, 5) is 10.5. The second-order valence-corrected chi connectivity index (χ2v) is 10.4. The van der Waals surface area contributed by atoms with E-state index in [1.165, 1.54) is 0 Å². The average molecular weight is 478 g/mol. The molecule has 2 saturated heterocycles. The summed E-state index contributed by atoms with van der Waals surface area (Å²) in [5, 5.41) is 22.0. The van der Waals surface area contributed by atoms with Crippen molar-refractivity contribution in [2.24, 2.45) is 0 Å². The number of aliphatic hydroxyl groups is 2. The second kappa shape index (κ2) is 7.35. The molecule has 1 aromatic carbocycles. The van der Waals surface area contributed by atoms with Gasteiger partial charge in [-0.25, -0.2) is 9.97 Å². The first-order valence-corrected chi connectivity index (χ1v) is 12.1. The first-order valence-electron chi connectivity index (χ1n) is 10.9. The number of nitrogens with zero attached hydrogens (tertiary/aromatic N) is 4. The molecule has 0 saturated carbocycles. The zero-order valence-corrected chi connectivity index (χ0v) is 18.6. The first-order chi connectivity index (χ1) is 15.8. The Kier molecular flexibility index (Phi) is 4.73. The zero-order chi connectivity index (χ0) is 23.0. The SMILES string of the molecule is O=[P+]1NC2(COc3cc(-c4nc(N5CC(O)C5)nc5c4CCC5(F)F)ccc32)CN1CCO. The van der Waals surface area contributed by atoms with E-state index in [1.807, 2.05) is 12.1 Å². The third-order valence-corrected chi connectivity index (χ3v) is 8.27. The van der Waals surface area contributed by atoms with Crippen LogP contribution in [-0.4, -0.2) is 70.3 Å². The molecule has 3 aliphatic heterocycles. The van der Waals surface area contributed by atoms with Crippen LogP contribution in [0.1, 0.15) is 23.2 Å². The van der Waals surface area contributed by atoms with Gasteiger partial charge in [0.2, 0.25) is 5.95 Å². The Labute approximate surface area is 189 Å². The number of alkyl halides is 2. The maximum Gasteiger partial charge on any atom is 0.536 e. The number of hydrogen-bond acceptors (Lipinski definition) is 7. The molecular weight excluding hydrogens is 455 g/mol. The van der Waals surface area contributed by atoms with Crippen LogP contribution >= 0.6 is 8.10 Å². The Balaban J connectivity index is 1.39. The third kappa shape index (κ3) is 3.25. The molecule has 2 fully saturated rings. The zero-order valence-electron chi connectivity index (χ0n) is 17.7. The van der Waals surface area contributed by atoms with Crippen molar-refractivity contribution in [1.29, 1.82) is 0 Å². The van der Waals surface area contributed by atoms with E-state index in [2.05, 4.69) is 15.1 Å². The van der Waals surface area contributed by atoms with Gasteiger partial charge in [0.15, 0.2) is 0 Å². The first kappa shape index (κ1) is 21.2. The summed E-state index contributed by atoms with van der Waals surface area (Å²) >= 11 is 0. The molecule has 174 valence electrons. The van der Waals surface area contributed by atoms with Crippen LogP contribution in [0.2, 0.25) is 0 Å². The molecule has 3 N–H and O–H groups in total. The Morgan fingerprint density at radius 2 is 2.12 bits per heavy atom. The Hall–Kier alpha value is -2.30. The van der Waals surface area contributed by atoms with E-state index >= 15 is 0 Å². The molecule has 2 unspecified atom stereocenters. The molecule has 2 atom stereocenters. The summed E-state index contributed by atoms with van der Waals surface area (Å²) in [7, 11) is -1.83. The minimum atomic E-state index is -3.02. The van der Waals surface area contributed by atoms with Gasteiger partial charge in [0.25, 0.3) is 5.92 Å². The van der Waals surface area contributed by atoms with E-state index in [0.717, 1.165) is 5.56 Å². The number of rotatable bonds is 4. The predicted molar refractivity (Wildman–Crippen MR) is 114 cm³/mol. The van der Waals surface area contributed by atoms with Crippen LogP contribution in [0.4, 0.5) is 14.7 Å². The normalized spacial score (nSPS) is 27.0.